The van der Waals surface area contributed by atoms with Crippen molar-refractivity contribution in [3.63, 3.8) is 0 Å². The van der Waals surface area contributed by atoms with Crippen molar-refractivity contribution >= 4 is 43.4 Å². The van der Waals surface area contributed by atoms with Gasteiger partial charge in [-0.05, 0) is 30.2 Å². The van der Waals surface area contributed by atoms with E-state index in [9.17, 15) is 8.42 Å². The van der Waals surface area contributed by atoms with E-state index >= 15 is 0 Å². The fourth-order valence-corrected chi connectivity index (χ4v) is 4.44. The third-order valence-electron chi connectivity index (χ3n) is 4.47. The standard InChI is InChI=1S/C20H18N4O3S2/c1-13(14-7-9-16(10-8-14)24-29(25,26)27)23-19-18-17(15-5-3-2-4-6-15)11-28-20(18)22-12-21-19/h2-13,24H,1H3,(H,21,22,23)(H,25,26,27). The third-order valence-corrected chi connectivity index (χ3v) is 5.85. The maximum absolute atomic E-state index is 10.9. The highest BCUT2D eigenvalue weighted by Crippen LogP contribution is 2.37. The van der Waals surface area contributed by atoms with Crippen molar-refractivity contribution in [1.29, 1.82) is 0 Å². The molecule has 148 valence electrons. The predicted octanol–water partition coefficient (Wildman–Crippen LogP) is 4.75. The van der Waals surface area contributed by atoms with Gasteiger partial charge in [0.05, 0.1) is 11.1 Å². The smallest absolute Gasteiger partial charge is 0.357 e. The average molecular weight is 427 g/mol. The zero-order chi connectivity index (χ0) is 20.4. The Balaban J connectivity index is 1.63. The molecule has 0 saturated carbocycles. The van der Waals surface area contributed by atoms with Gasteiger partial charge >= 0.3 is 10.3 Å². The lowest BCUT2D eigenvalue weighted by Crippen LogP contribution is -2.11. The van der Waals surface area contributed by atoms with Crippen LogP contribution < -0.4 is 10.0 Å². The lowest BCUT2D eigenvalue weighted by atomic mass is 10.1. The van der Waals surface area contributed by atoms with Crippen LogP contribution in [0.4, 0.5) is 11.5 Å². The number of aromatic nitrogens is 2. The molecule has 29 heavy (non-hydrogen) atoms. The number of nitrogens with one attached hydrogen (secondary N) is 2. The first-order valence-corrected chi connectivity index (χ1v) is 11.1. The molecule has 0 saturated heterocycles. The Morgan fingerprint density at radius 1 is 1.03 bits per heavy atom. The van der Waals surface area contributed by atoms with E-state index in [4.69, 9.17) is 4.55 Å². The Morgan fingerprint density at radius 2 is 1.76 bits per heavy atom. The van der Waals surface area contributed by atoms with Crippen molar-refractivity contribution in [3.05, 3.63) is 71.9 Å². The van der Waals surface area contributed by atoms with E-state index in [2.05, 4.69) is 32.8 Å². The zero-order valence-corrected chi connectivity index (χ0v) is 17.0. The minimum Gasteiger partial charge on any atom is -0.363 e. The molecule has 0 aliphatic heterocycles. The first kappa shape index (κ1) is 19.3. The van der Waals surface area contributed by atoms with Crippen molar-refractivity contribution in [2.45, 2.75) is 13.0 Å². The number of hydrogen-bond acceptors (Lipinski definition) is 6. The Morgan fingerprint density at radius 3 is 2.45 bits per heavy atom. The lowest BCUT2D eigenvalue weighted by Gasteiger charge is -2.16. The molecule has 4 aromatic rings. The molecule has 4 rings (SSSR count). The molecule has 0 bridgehead atoms. The van der Waals surface area contributed by atoms with E-state index < -0.39 is 10.3 Å². The van der Waals surface area contributed by atoms with E-state index in [1.165, 1.54) is 0 Å². The minimum atomic E-state index is -4.29. The molecule has 0 spiro atoms. The molecule has 2 aromatic heterocycles. The summed E-state index contributed by atoms with van der Waals surface area (Å²) in [6, 6.07) is 16.8. The summed E-state index contributed by atoms with van der Waals surface area (Å²) in [5.41, 5.74) is 3.41. The van der Waals surface area contributed by atoms with E-state index in [1.807, 2.05) is 29.8 Å². The molecule has 3 N–H and O–H groups in total. The maximum Gasteiger partial charge on any atom is 0.357 e. The molecular formula is C20H18N4O3S2. The van der Waals surface area contributed by atoms with Gasteiger partial charge in [-0.25, -0.2) is 9.97 Å². The van der Waals surface area contributed by atoms with Gasteiger partial charge in [0, 0.05) is 17.0 Å². The van der Waals surface area contributed by atoms with Gasteiger partial charge in [0.2, 0.25) is 0 Å². The van der Waals surface area contributed by atoms with Gasteiger partial charge in [-0.15, -0.1) is 11.3 Å². The molecule has 0 aliphatic carbocycles. The van der Waals surface area contributed by atoms with Gasteiger partial charge in [0.15, 0.2) is 0 Å². The molecule has 1 atom stereocenters. The number of nitrogens with zero attached hydrogens (tertiary/aromatic N) is 2. The van der Waals surface area contributed by atoms with E-state index in [0.29, 0.717) is 0 Å². The summed E-state index contributed by atoms with van der Waals surface area (Å²) in [4.78, 5) is 9.75. The second-order valence-corrected chi connectivity index (χ2v) is 8.50. The summed E-state index contributed by atoms with van der Waals surface area (Å²) in [6.07, 6.45) is 1.54. The van der Waals surface area contributed by atoms with Gasteiger partial charge in [0.25, 0.3) is 0 Å². The normalized spacial score (nSPS) is 12.6. The van der Waals surface area contributed by atoms with Crippen LogP contribution in [0.3, 0.4) is 0 Å². The summed E-state index contributed by atoms with van der Waals surface area (Å²) in [7, 11) is -4.29. The molecule has 0 amide bonds. The fraction of sp³-hybridized carbons (Fsp3) is 0.100. The van der Waals surface area contributed by atoms with E-state index in [1.54, 1.807) is 41.9 Å². The van der Waals surface area contributed by atoms with Gasteiger partial charge in [-0.1, -0.05) is 42.5 Å². The van der Waals surface area contributed by atoms with Crippen LogP contribution in [0.25, 0.3) is 21.3 Å². The van der Waals surface area contributed by atoms with Crippen LogP contribution in [0, 0.1) is 0 Å². The fourth-order valence-electron chi connectivity index (χ4n) is 3.09. The summed E-state index contributed by atoms with van der Waals surface area (Å²) >= 11 is 1.57. The Kier molecular flexibility index (Phi) is 5.18. The van der Waals surface area contributed by atoms with Crippen LogP contribution >= 0.6 is 11.3 Å². The Labute approximate surface area is 172 Å². The largest absolute Gasteiger partial charge is 0.363 e. The van der Waals surface area contributed by atoms with Crippen LogP contribution in [-0.4, -0.2) is 22.9 Å². The molecule has 7 nitrogen and oxygen atoms in total. The monoisotopic (exact) mass is 426 g/mol. The molecule has 0 radical (unpaired) electrons. The summed E-state index contributed by atoms with van der Waals surface area (Å²) in [5.74, 6) is 0.739. The maximum atomic E-state index is 10.9. The molecule has 0 fully saturated rings. The van der Waals surface area contributed by atoms with Crippen LogP contribution in [0.1, 0.15) is 18.5 Å². The van der Waals surface area contributed by atoms with Crippen molar-refractivity contribution in [3.8, 4) is 11.1 Å². The van der Waals surface area contributed by atoms with E-state index in [0.717, 1.165) is 32.7 Å². The predicted molar refractivity (Wildman–Crippen MR) is 117 cm³/mol. The number of thiophene rings is 1. The molecular weight excluding hydrogens is 408 g/mol. The SMILES string of the molecule is CC(Nc1ncnc2scc(-c3ccccc3)c12)c1ccc(NS(=O)(=O)O)cc1. The summed E-state index contributed by atoms with van der Waals surface area (Å²) in [5, 5.41) is 6.49. The Hall–Kier alpha value is -3.01. The van der Waals surface area contributed by atoms with Gasteiger partial charge < -0.3 is 5.32 Å². The molecule has 0 aliphatic rings. The highest BCUT2D eigenvalue weighted by Gasteiger charge is 2.15. The molecule has 2 heterocycles. The number of benzene rings is 2. The molecule has 1 unspecified atom stereocenters. The first-order valence-electron chi connectivity index (χ1n) is 8.80. The second kappa shape index (κ2) is 7.78. The van der Waals surface area contributed by atoms with Crippen molar-refractivity contribution in [2.24, 2.45) is 0 Å². The van der Waals surface area contributed by atoms with Gasteiger partial charge in [-0.2, -0.15) is 8.42 Å². The zero-order valence-electron chi connectivity index (χ0n) is 15.4. The van der Waals surface area contributed by atoms with Crippen LogP contribution in [-0.2, 0) is 10.3 Å². The lowest BCUT2D eigenvalue weighted by molar-refractivity contribution is 0.489. The molecule has 2 aromatic carbocycles. The highest BCUT2D eigenvalue weighted by atomic mass is 32.2. The Bertz CT molecular complexity index is 1240. The van der Waals surface area contributed by atoms with Gasteiger partial charge in [0.1, 0.15) is 17.0 Å². The topological polar surface area (TPSA) is 104 Å². The highest BCUT2D eigenvalue weighted by molar-refractivity contribution is 7.87. The van der Waals surface area contributed by atoms with Crippen LogP contribution in [0.15, 0.2) is 66.3 Å². The number of fused-ring (bicyclic) bond motifs is 1. The number of hydrogen-bond donors (Lipinski definition) is 3. The number of rotatable bonds is 6. The molecule has 9 heteroatoms. The third kappa shape index (κ3) is 4.37. The summed E-state index contributed by atoms with van der Waals surface area (Å²) in [6.45, 7) is 1.99. The van der Waals surface area contributed by atoms with Crippen LogP contribution in [0.5, 0.6) is 0 Å². The van der Waals surface area contributed by atoms with E-state index in [-0.39, 0.29) is 11.7 Å². The van der Waals surface area contributed by atoms with Crippen molar-refractivity contribution < 1.29 is 13.0 Å². The minimum absolute atomic E-state index is 0.0867. The van der Waals surface area contributed by atoms with Crippen molar-refractivity contribution in [1.82, 2.24) is 9.97 Å². The quantitative estimate of drug-likeness (QED) is 0.385. The first-order chi connectivity index (χ1) is 13.9. The van der Waals surface area contributed by atoms with Crippen LogP contribution in [0.2, 0.25) is 0 Å². The number of anilines is 2. The van der Waals surface area contributed by atoms with Crippen molar-refractivity contribution in [2.75, 3.05) is 10.0 Å². The average Bonchev–Trinajstić information content (AvgIpc) is 3.13. The van der Waals surface area contributed by atoms with Gasteiger partial charge in [-0.3, -0.25) is 9.27 Å². The summed E-state index contributed by atoms with van der Waals surface area (Å²) < 4.78 is 32.8. The second-order valence-electron chi connectivity index (χ2n) is 6.48.